The Kier molecular flexibility index (Phi) is 3.09. The molecule has 0 saturated heterocycles. The molecule has 0 spiro atoms. The van der Waals surface area contributed by atoms with Gasteiger partial charge in [0.2, 0.25) is 0 Å². The molecule has 4 fully saturated rings. The third-order valence-electron chi connectivity index (χ3n) is 6.08. The highest BCUT2D eigenvalue weighted by atomic mass is 19.1. The molecule has 0 aromatic heterocycles. The molecule has 0 heterocycles. The van der Waals surface area contributed by atoms with Gasteiger partial charge in [0, 0.05) is 6.07 Å². The van der Waals surface area contributed by atoms with Crippen LogP contribution in [-0.4, -0.2) is 0 Å². The highest BCUT2D eigenvalue weighted by Crippen LogP contribution is 2.63. The molecule has 114 valence electrons. The van der Waals surface area contributed by atoms with Gasteiger partial charge in [0.25, 0.3) is 0 Å². The van der Waals surface area contributed by atoms with Crippen molar-refractivity contribution in [2.24, 2.45) is 29.0 Å². The van der Waals surface area contributed by atoms with Gasteiger partial charge in [-0.3, -0.25) is 11.3 Å². The summed E-state index contributed by atoms with van der Waals surface area (Å²) in [5.74, 6) is 7.14. The molecule has 5 rings (SSSR count). The monoisotopic (exact) mass is 292 g/mol. The van der Waals surface area contributed by atoms with E-state index < -0.39 is 11.6 Å². The summed E-state index contributed by atoms with van der Waals surface area (Å²) in [4.78, 5) is 0. The summed E-state index contributed by atoms with van der Waals surface area (Å²) in [5.41, 5.74) is 3.65. The number of nitrogens with one attached hydrogen (secondary N) is 1. The number of nitrogens with two attached hydrogens (primary N) is 1. The lowest BCUT2D eigenvalue weighted by Gasteiger charge is -2.59. The second kappa shape index (κ2) is 4.75. The molecule has 0 radical (unpaired) electrons. The van der Waals surface area contributed by atoms with E-state index in [9.17, 15) is 8.78 Å². The standard InChI is InChI=1S/C17H22F2N2/c18-14-4-13(5-15(19)6-14)16(21-20)17-7-10-1-11(8-17)3-12(2-10)9-17/h4-6,10-12,16,21H,1-3,7-9,20H2. The van der Waals surface area contributed by atoms with Crippen LogP contribution in [0.25, 0.3) is 0 Å². The van der Waals surface area contributed by atoms with Gasteiger partial charge in [0.15, 0.2) is 0 Å². The number of hydrogen-bond acceptors (Lipinski definition) is 2. The zero-order valence-corrected chi connectivity index (χ0v) is 12.1. The lowest BCUT2D eigenvalue weighted by molar-refractivity contribution is -0.0750. The first-order valence-corrected chi connectivity index (χ1v) is 8.00. The average molecular weight is 292 g/mol. The van der Waals surface area contributed by atoms with Gasteiger partial charge in [-0.15, -0.1) is 0 Å². The fourth-order valence-corrected chi connectivity index (χ4v) is 5.90. The van der Waals surface area contributed by atoms with Crippen molar-refractivity contribution in [2.45, 2.75) is 44.6 Å². The maximum atomic E-state index is 13.6. The average Bonchev–Trinajstić information content (AvgIpc) is 2.36. The number of benzene rings is 1. The number of halogens is 2. The Labute approximate surface area is 124 Å². The van der Waals surface area contributed by atoms with E-state index in [0.29, 0.717) is 5.56 Å². The summed E-state index contributed by atoms with van der Waals surface area (Å²) in [6, 6.07) is 3.66. The number of hydrazine groups is 1. The number of hydrogen-bond donors (Lipinski definition) is 2. The zero-order chi connectivity index (χ0) is 14.6. The Morgan fingerprint density at radius 3 is 1.86 bits per heavy atom. The fraction of sp³-hybridized carbons (Fsp3) is 0.647. The van der Waals surface area contributed by atoms with Crippen LogP contribution in [0.1, 0.15) is 50.1 Å². The van der Waals surface area contributed by atoms with Gasteiger partial charge in [0.1, 0.15) is 11.6 Å². The molecule has 4 heteroatoms. The molecule has 21 heavy (non-hydrogen) atoms. The topological polar surface area (TPSA) is 38.0 Å². The Balaban J connectivity index is 1.72. The third-order valence-corrected chi connectivity index (χ3v) is 6.08. The summed E-state index contributed by atoms with van der Waals surface area (Å²) in [7, 11) is 0. The SMILES string of the molecule is NNC(c1cc(F)cc(F)c1)C12CC3CC(CC(C3)C1)C2. The van der Waals surface area contributed by atoms with Gasteiger partial charge in [-0.2, -0.15) is 0 Å². The van der Waals surface area contributed by atoms with E-state index in [-0.39, 0.29) is 11.5 Å². The second-order valence-corrected chi connectivity index (χ2v) is 7.58. The van der Waals surface area contributed by atoms with Gasteiger partial charge >= 0.3 is 0 Å². The van der Waals surface area contributed by atoms with Crippen molar-refractivity contribution in [3.63, 3.8) is 0 Å². The van der Waals surface area contributed by atoms with Crippen molar-refractivity contribution in [3.8, 4) is 0 Å². The quantitative estimate of drug-likeness (QED) is 0.659. The van der Waals surface area contributed by atoms with Crippen LogP contribution in [-0.2, 0) is 0 Å². The van der Waals surface area contributed by atoms with Gasteiger partial charge in [-0.25, -0.2) is 8.78 Å². The van der Waals surface area contributed by atoms with E-state index in [0.717, 1.165) is 43.1 Å². The molecule has 4 bridgehead atoms. The lowest BCUT2D eigenvalue weighted by Crippen LogP contribution is -2.53. The van der Waals surface area contributed by atoms with Crippen molar-refractivity contribution in [1.29, 1.82) is 0 Å². The first-order chi connectivity index (χ1) is 10.1. The van der Waals surface area contributed by atoms with E-state index in [2.05, 4.69) is 5.43 Å². The fourth-order valence-electron chi connectivity index (χ4n) is 5.90. The van der Waals surface area contributed by atoms with Crippen molar-refractivity contribution >= 4 is 0 Å². The molecule has 1 aromatic carbocycles. The molecule has 4 aliphatic rings. The van der Waals surface area contributed by atoms with Crippen LogP contribution < -0.4 is 11.3 Å². The molecule has 2 nitrogen and oxygen atoms in total. The summed E-state index contributed by atoms with van der Waals surface area (Å²) in [5, 5.41) is 0. The first-order valence-electron chi connectivity index (χ1n) is 8.00. The maximum absolute atomic E-state index is 13.6. The Morgan fingerprint density at radius 2 is 1.43 bits per heavy atom. The molecule has 0 aliphatic heterocycles. The van der Waals surface area contributed by atoms with Gasteiger partial charge < -0.3 is 0 Å². The third kappa shape index (κ3) is 2.20. The van der Waals surface area contributed by atoms with Gasteiger partial charge in [0.05, 0.1) is 6.04 Å². The smallest absolute Gasteiger partial charge is 0.126 e. The van der Waals surface area contributed by atoms with E-state index in [4.69, 9.17) is 5.84 Å². The summed E-state index contributed by atoms with van der Waals surface area (Å²) in [6.45, 7) is 0. The molecule has 1 atom stereocenters. The summed E-state index contributed by atoms with van der Waals surface area (Å²) >= 11 is 0. The van der Waals surface area contributed by atoms with Crippen molar-refractivity contribution in [1.82, 2.24) is 5.43 Å². The van der Waals surface area contributed by atoms with E-state index in [1.807, 2.05) is 0 Å². The normalized spacial score (nSPS) is 38.7. The van der Waals surface area contributed by atoms with Gasteiger partial charge in [-0.05, 0) is 79.4 Å². The predicted molar refractivity (Wildman–Crippen MR) is 77.0 cm³/mol. The van der Waals surface area contributed by atoms with Crippen LogP contribution >= 0.6 is 0 Å². The molecule has 4 aliphatic carbocycles. The summed E-state index contributed by atoms with van der Waals surface area (Å²) in [6.07, 6.45) is 7.46. The second-order valence-electron chi connectivity index (χ2n) is 7.58. The lowest BCUT2D eigenvalue weighted by atomic mass is 9.47. The van der Waals surface area contributed by atoms with Crippen LogP contribution in [0.2, 0.25) is 0 Å². The Hall–Kier alpha value is -1.00. The molecular weight excluding hydrogens is 270 g/mol. The number of rotatable bonds is 3. The molecule has 4 saturated carbocycles. The summed E-state index contributed by atoms with van der Waals surface area (Å²) < 4.78 is 27.2. The van der Waals surface area contributed by atoms with E-state index in [1.54, 1.807) is 0 Å². The molecule has 1 unspecified atom stereocenters. The highest BCUT2D eigenvalue weighted by Gasteiger charge is 2.54. The van der Waals surface area contributed by atoms with Crippen LogP contribution in [0.3, 0.4) is 0 Å². The minimum Gasteiger partial charge on any atom is -0.271 e. The Morgan fingerprint density at radius 1 is 0.952 bits per heavy atom. The minimum atomic E-state index is -0.519. The highest BCUT2D eigenvalue weighted by molar-refractivity contribution is 5.25. The first kappa shape index (κ1) is 13.6. The van der Waals surface area contributed by atoms with Crippen LogP contribution in [0, 0.1) is 34.8 Å². The molecule has 0 amide bonds. The van der Waals surface area contributed by atoms with Crippen molar-refractivity contribution in [2.75, 3.05) is 0 Å². The molecule has 3 N–H and O–H groups in total. The van der Waals surface area contributed by atoms with E-state index in [1.165, 1.54) is 31.4 Å². The Bertz CT molecular complexity index is 502. The van der Waals surface area contributed by atoms with Crippen LogP contribution in [0.4, 0.5) is 8.78 Å². The zero-order valence-electron chi connectivity index (χ0n) is 12.1. The van der Waals surface area contributed by atoms with Crippen LogP contribution in [0.5, 0.6) is 0 Å². The predicted octanol–water partition coefficient (Wildman–Crippen LogP) is 3.69. The van der Waals surface area contributed by atoms with E-state index >= 15 is 0 Å². The van der Waals surface area contributed by atoms with Crippen molar-refractivity contribution < 1.29 is 8.78 Å². The van der Waals surface area contributed by atoms with Gasteiger partial charge in [-0.1, -0.05) is 0 Å². The van der Waals surface area contributed by atoms with Crippen LogP contribution in [0.15, 0.2) is 18.2 Å². The minimum absolute atomic E-state index is 0.0870. The maximum Gasteiger partial charge on any atom is 0.126 e. The molecular formula is C17H22F2N2. The molecule has 1 aromatic rings. The largest absolute Gasteiger partial charge is 0.271 e. The van der Waals surface area contributed by atoms with Crippen molar-refractivity contribution in [3.05, 3.63) is 35.4 Å².